The number of hydrogen-bond acceptors (Lipinski definition) is 17. The Bertz CT molecular complexity index is 2080. The van der Waals surface area contributed by atoms with Gasteiger partial charge in [-0.15, -0.1) is 0 Å². The van der Waals surface area contributed by atoms with Gasteiger partial charge in [0.2, 0.25) is 41.4 Å². The summed E-state index contributed by atoms with van der Waals surface area (Å²) < 4.78 is 21.2. The third kappa shape index (κ3) is 40.7. The van der Waals surface area contributed by atoms with Crippen LogP contribution in [-0.2, 0) is 76.5 Å². The molecule has 0 aliphatic carbocycles. The Morgan fingerprint density at radius 1 is 0.419 bits per heavy atom. The largest absolute Gasteiger partial charge is 0.481 e. The summed E-state index contributed by atoms with van der Waals surface area (Å²) in [6.45, 7) is 0.497. The first-order valence-electron chi connectivity index (χ1n) is 30.3. The monoisotopic (exact) mass is 1240 g/mol. The Morgan fingerprint density at radius 2 is 0.814 bits per heavy atom. The van der Waals surface area contributed by atoms with E-state index in [9.17, 15) is 78.0 Å². The molecule has 0 radical (unpaired) electrons. The van der Waals surface area contributed by atoms with Crippen LogP contribution in [0.15, 0.2) is 0 Å². The lowest BCUT2D eigenvalue weighted by Gasteiger charge is -2.26. The number of rotatable bonds is 56. The van der Waals surface area contributed by atoms with Crippen LogP contribution in [0.2, 0.25) is 0 Å². The molecule has 1 rings (SSSR count). The van der Waals surface area contributed by atoms with Crippen molar-refractivity contribution in [2.24, 2.45) is 0 Å². The molecular weight excluding hydrogens is 1130 g/mol. The normalized spacial score (nSPS) is 14.2. The fraction of sp³-hybridized carbons (Fsp3) is 0.789. The fourth-order valence-corrected chi connectivity index (χ4v) is 9.15. The van der Waals surface area contributed by atoms with Gasteiger partial charge in [-0.1, -0.05) is 77.0 Å². The van der Waals surface area contributed by atoms with Gasteiger partial charge in [0.15, 0.2) is 0 Å². The molecule has 0 bridgehead atoms. The molecule has 29 heteroatoms. The smallest absolute Gasteiger partial charge is 0.326 e. The topological polar surface area (TPSA) is 430 Å². The van der Waals surface area contributed by atoms with Crippen molar-refractivity contribution >= 4 is 71.2 Å². The first kappa shape index (κ1) is 77.5. The standard InChI is InChI=1S/C57H98N8O21.5H2/c1-58-41(53(74)65-32-18-20-45(65)57(81)82)19-16-17-29-59-46(66)26-23-43(55(77)78)63-49(69)28-25-44(56(79)80)64-51(71)40-86-38-36-84-34-31-61-50(70)39-85-37-35-83-33-30-60-47(67)27-24-42(54(75)76)62-48(68)21-14-12-10-8-6-4-2-3-5-7-9-11-13-15-22-52(72)73;;;;;/h41-45,58H,2-40H2,1H3,(H,59,66)(H,60,67)(H,61,70)(H,62,68)(H,63,69)(H,64,71)(H,72,73)(H,75,76)(H,77,78)(H,79,80)(H,81,82);5*1H/t41-,42-,43-,44-,45-;;;;;/m0...../s1. The number of carbonyl (C=O) groups excluding carboxylic acids is 7. The van der Waals surface area contributed by atoms with Gasteiger partial charge in [-0.2, -0.15) is 0 Å². The van der Waals surface area contributed by atoms with E-state index in [1.807, 2.05) is 0 Å². The van der Waals surface area contributed by atoms with Gasteiger partial charge in [-0.25, -0.2) is 19.2 Å². The molecule has 0 unspecified atom stereocenters. The van der Waals surface area contributed by atoms with Crippen molar-refractivity contribution in [3.8, 4) is 0 Å². The summed E-state index contributed by atoms with van der Waals surface area (Å²) in [6.07, 6.45) is 16.1. The van der Waals surface area contributed by atoms with Crippen LogP contribution < -0.4 is 37.2 Å². The highest BCUT2D eigenvalue weighted by atomic mass is 16.5. The predicted molar refractivity (Wildman–Crippen MR) is 320 cm³/mol. The zero-order valence-electron chi connectivity index (χ0n) is 50.2. The van der Waals surface area contributed by atoms with Crippen LogP contribution in [0.1, 0.15) is 180 Å². The van der Waals surface area contributed by atoms with E-state index in [1.54, 1.807) is 7.05 Å². The molecule has 7 amide bonds. The molecule has 0 aromatic heterocycles. The number of carbonyl (C=O) groups is 12. The molecule has 1 aliphatic rings. The van der Waals surface area contributed by atoms with Gasteiger partial charge in [-0.05, 0) is 71.3 Å². The first-order chi connectivity index (χ1) is 41.2. The van der Waals surface area contributed by atoms with Crippen molar-refractivity contribution < 1.29 is 109 Å². The van der Waals surface area contributed by atoms with Crippen molar-refractivity contribution in [3.05, 3.63) is 0 Å². The van der Waals surface area contributed by atoms with Gasteiger partial charge < -0.3 is 86.6 Å². The number of carboxylic acids is 5. The molecule has 1 fully saturated rings. The van der Waals surface area contributed by atoms with E-state index in [4.69, 9.17) is 24.1 Å². The number of nitrogens with zero attached hydrogens (tertiary/aromatic N) is 1. The second-order valence-corrected chi connectivity index (χ2v) is 21.1. The minimum absolute atomic E-state index is 0. The van der Waals surface area contributed by atoms with Gasteiger partial charge in [0, 0.05) is 65.4 Å². The van der Waals surface area contributed by atoms with Crippen LogP contribution in [0.5, 0.6) is 0 Å². The highest BCUT2D eigenvalue weighted by Crippen LogP contribution is 2.20. The number of unbranched alkanes of at least 4 members (excludes halogenated alkanes) is 14. The van der Waals surface area contributed by atoms with Crippen molar-refractivity contribution in [1.82, 2.24) is 42.1 Å². The van der Waals surface area contributed by atoms with Gasteiger partial charge in [0.25, 0.3) is 0 Å². The molecule has 1 saturated heterocycles. The number of likely N-dealkylation sites (N-methyl/N-ethyl adjacent to an activating group) is 1. The Balaban J connectivity index is -0.00000493. The molecule has 502 valence electrons. The Kier molecular flexibility index (Phi) is 44.6. The SMILES string of the molecule is CN[C@@H](CCCCNC(=O)CC[C@H](NC(=O)CC[C@H](NC(=O)COCCOCCNC(=O)COCCOCCNC(=O)CC[C@H](NC(=O)CCCCCCCCCCCCCCCCC(=O)O)C(=O)O)C(=O)O)C(=O)O)C(=O)N1CCC[C@H]1C(=O)O.[HH].[HH].[HH].[HH].[HH]. The molecule has 0 spiro atoms. The molecular formula is C57H108N8O21. The quantitative estimate of drug-likeness (QED) is 0.0390. The average molecular weight is 1240 g/mol. The van der Waals surface area contributed by atoms with Crippen molar-refractivity contribution in [1.29, 1.82) is 0 Å². The van der Waals surface area contributed by atoms with Crippen LogP contribution in [0.4, 0.5) is 0 Å². The number of likely N-dealkylation sites (tertiary alicyclic amines) is 1. The molecule has 1 heterocycles. The van der Waals surface area contributed by atoms with Gasteiger partial charge >= 0.3 is 29.8 Å². The number of hydrogen-bond donors (Lipinski definition) is 12. The summed E-state index contributed by atoms with van der Waals surface area (Å²) in [4.78, 5) is 146. The van der Waals surface area contributed by atoms with Crippen molar-refractivity contribution in [2.75, 3.05) is 86.1 Å². The zero-order valence-corrected chi connectivity index (χ0v) is 50.2. The van der Waals surface area contributed by atoms with Gasteiger partial charge in [0.1, 0.15) is 37.4 Å². The lowest BCUT2D eigenvalue weighted by atomic mass is 10.0. The third-order valence-electron chi connectivity index (χ3n) is 14.0. The van der Waals surface area contributed by atoms with Crippen LogP contribution in [0.3, 0.4) is 0 Å². The molecule has 0 aromatic rings. The first-order valence-corrected chi connectivity index (χ1v) is 30.3. The van der Waals surface area contributed by atoms with Crippen LogP contribution in [0.25, 0.3) is 0 Å². The minimum Gasteiger partial charge on any atom is -0.481 e. The number of nitrogens with one attached hydrogen (secondary N) is 7. The highest BCUT2D eigenvalue weighted by molar-refractivity contribution is 5.88. The van der Waals surface area contributed by atoms with Crippen LogP contribution in [0, 0.1) is 0 Å². The molecule has 86 heavy (non-hydrogen) atoms. The summed E-state index contributed by atoms with van der Waals surface area (Å²) in [5, 5.41) is 64.6. The molecule has 0 aromatic carbocycles. The average Bonchev–Trinajstić information content (AvgIpc) is 2.16. The van der Waals surface area contributed by atoms with E-state index in [0.717, 1.165) is 51.4 Å². The maximum Gasteiger partial charge on any atom is 0.326 e. The third-order valence-corrected chi connectivity index (χ3v) is 14.0. The summed E-state index contributed by atoms with van der Waals surface area (Å²) >= 11 is 0. The summed E-state index contributed by atoms with van der Waals surface area (Å²) in [6, 6.07) is -5.58. The van der Waals surface area contributed by atoms with E-state index >= 15 is 0 Å². The second kappa shape index (κ2) is 49.5. The van der Waals surface area contributed by atoms with Crippen molar-refractivity contribution in [2.45, 2.75) is 204 Å². The number of amides is 7. The molecule has 5 atom stereocenters. The Labute approximate surface area is 511 Å². The van der Waals surface area contributed by atoms with E-state index in [-0.39, 0.29) is 130 Å². The molecule has 1 aliphatic heterocycles. The Hall–Kier alpha value is -6.56. The highest BCUT2D eigenvalue weighted by Gasteiger charge is 2.36. The predicted octanol–water partition coefficient (Wildman–Crippen LogP) is 2.84. The van der Waals surface area contributed by atoms with Gasteiger partial charge in [0.05, 0.1) is 45.7 Å². The van der Waals surface area contributed by atoms with E-state index in [0.29, 0.717) is 45.1 Å². The minimum atomic E-state index is -1.50. The Morgan fingerprint density at radius 3 is 1.27 bits per heavy atom. The van der Waals surface area contributed by atoms with Crippen LogP contribution in [-0.4, -0.2) is 218 Å². The number of aliphatic carboxylic acids is 5. The lowest BCUT2D eigenvalue weighted by Crippen LogP contribution is -2.49. The molecule has 29 nitrogen and oxygen atoms in total. The zero-order chi connectivity index (χ0) is 63.7. The molecule has 0 saturated carbocycles. The summed E-state index contributed by atoms with van der Waals surface area (Å²) in [5.41, 5.74) is 0. The van der Waals surface area contributed by atoms with Crippen molar-refractivity contribution in [3.63, 3.8) is 0 Å². The molecule has 12 N–H and O–H groups in total. The van der Waals surface area contributed by atoms with Gasteiger partial charge in [-0.3, -0.25) is 38.4 Å². The lowest BCUT2D eigenvalue weighted by molar-refractivity contribution is -0.149. The van der Waals surface area contributed by atoms with E-state index in [1.165, 1.54) is 37.0 Å². The number of ether oxygens (including phenoxy) is 4. The second-order valence-electron chi connectivity index (χ2n) is 21.1. The summed E-state index contributed by atoms with van der Waals surface area (Å²) in [7, 11) is 1.61. The van der Waals surface area contributed by atoms with Crippen LogP contribution >= 0.6 is 0 Å². The van der Waals surface area contributed by atoms with E-state index < -0.39 is 103 Å². The maximum absolute atomic E-state index is 12.9. The summed E-state index contributed by atoms with van der Waals surface area (Å²) in [5.74, 6) is -9.42. The van der Waals surface area contributed by atoms with E-state index in [2.05, 4.69) is 37.2 Å². The number of carboxylic acid groups (broad SMARTS) is 5. The fourth-order valence-electron chi connectivity index (χ4n) is 9.15. The maximum atomic E-state index is 12.9.